The van der Waals surface area contributed by atoms with Crippen molar-refractivity contribution in [3.63, 3.8) is 0 Å². The number of hydrogen-bond donors (Lipinski definition) is 2. The van der Waals surface area contributed by atoms with E-state index in [1.54, 1.807) is 26.8 Å². The first-order valence-electron chi connectivity index (χ1n) is 8.26. The van der Waals surface area contributed by atoms with Gasteiger partial charge in [-0.05, 0) is 57.2 Å². The maximum atomic E-state index is 13.2. The lowest BCUT2D eigenvalue weighted by Crippen LogP contribution is -2.34. The van der Waals surface area contributed by atoms with E-state index in [1.165, 1.54) is 12.1 Å². The molecule has 0 bridgehead atoms. The Labute approximate surface area is 142 Å². The molecule has 0 heterocycles. The summed E-state index contributed by atoms with van der Waals surface area (Å²) in [6, 6.07) is 6.41. The van der Waals surface area contributed by atoms with E-state index < -0.39 is 11.7 Å². The zero-order valence-electron chi connectivity index (χ0n) is 14.4. The van der Waals surface area contributed by atoms with Gasteiger partial charge < -0.3 is 15.4 Å². The molecular weight excluding hydrogens is 311 g/mol. The molecule has 1 fully saturated rings. The summed E-state index contributed by atoms with van der Waals surface area (Å²) in [6.45, 7) is 6.33. The molecule has 2 unspecified atom stereocenters. The Balaban J connectivity index is 1.61. The van der Waals surface area contributed by atoms with E-state index in [1.807, 2.05) is 6.07 Å². The quantitative estimate of drug-likeness (QED) is 0.785. The van der Waals surface area contributed by atoms with Gasteiger partial charge in [-0.25, -0.2) is 9.18 Å². The summed E-state index contributed by atoms with van der Waals surface area (Å²) < 4.78 is 18.3. The second-order valence-electron chi connectivity index (χ2n) is 7.08. The zero-order chi connectivity index (χ0) is 17.7. The number of carbonyl (C=O) groups is 2. The molecule has 2 atom stereocenters. The molecule has 24 heavy (non-hydrogen) atoms. The van der Waals surface area contributed by atoms with Crippen molar-refractivity contribution in [2.45, 2.75) is 45.1 Å². The van der Waals surface area contributed by atoms with Gasteiger partial charge in [-0.3, -0.25) is 4.79 Å². The van der Waals surface area contributed by atoms with Crippen LogP contribution >= 0.6 is 0 Å². The molecule has 2 N–H and O–H groups in total. The topological polar surface area (TPSA) is 67.4 Å². The highest BCUT2D eigenvalue weighted by Gasteiger charge is 2.43. The summed E-state index contributed by atoms with van der Waals surface area (Å²) in [7, 11) is 0. The summed E-state index contributed by atoms with van der Waals surface area (Å²) >= 11 is 0. The van der Waals surface area contributed by atoms with Crippen molar-refractivity contribution in [1.29, 1.82) is 0 Å². The summed E-state index contributed by atoms with van der Waals surface area (Å²) in [5, 5.41) is 5.50. The van der Waals surface area contributed by atoms with E-state index in [0.717, 1.165) is 12.0 Å². The Morgan fingerprint density at radius 2 is 1.96 bits per heavy atom. The fraction of sp³-hybridized carbons (Fsp3) is 0.556. The molecule has 0 spiro atoms. The van der Waals surface area contributed by atoms with Gasteiger partial charge in [-0.2, -0.15) is 0 Å². The van der Waals surface area contributed by atoms with Gasteiger partial charge >= 0.3 is 6.09 Å². The Kier molecular flexibility index (Phi) is 5.80. The molecule has 0 aliphatic heterocycles. The minimum absolute atomic E-state index is 0.0125. The molecule has 0 radical (unpaired) electrons. The lowest BCUT2D eigenvalue weighted by atomic mass is 10.1. The number of hydrogen-bond acceptors (Lipinski definition) is 3. The molecule has 0 aromatic heterocycles. The summed E-state index contributed by atoms with van der Waals surface area (Å²) in [5.74, 6) is -0.250. The molecule has 5 nitrogen and oxygen atoms in total. The third kappa shape index (κ3) is 5.83. The van der Waals surface area contributed by atoms with Crippen molar-refractivity contribution in [2.24, 2.45) is 5.92 Å². The van der Waals surface area contributed by atoms with E-state index >= 15 is 0 Å². The molecule has 1 aromatic rings. The van der Waals surface area contributed by atoms with Gasteiger partial charge in [0.1, 0.15) is 11.4 Å². The van der Waals surface area contributed by atoms with E-state index in [0.29, 0.717) is 19.5 Å². The van der Waals surface area contributed by atoms with Gasteiger partial charge in [0.15, 0.2) is 0 Å². The first-order chi connectivity index (χ1) is 11.3. The lowest BCUT2D eigenvalue weighted by molar-refractivity contribution is -0.122. The predicted octanol–water partition coefficient (Wildman–Crippen LogP) is 2.96. The highest BCUT2D eigenvalue weighted by molar-refractivity contribution is 5.82. The zero-order valence-corrected chi connectivity index (χ0v) is 14.4. The molecule has 0 saturated heterocycles. The van der Waals surface area contributed by atoms with Crippen molar-refractivity contribution in [3.8, 4) is 0 Å². The number of carbonyl (C=O) groups excluding carboxylic acids is 2. The van der Waals surface area contributed by atoms with Gasteiger partial charge in [0.25, 0.3) is 0 Å². The SMILES string of the molecule is CC(C)(C)OC(=O)NCCCNC(=O)C1CC1c1cccc(F)c1. The number of halogens is 1. The van der Waals surface area contributed by atoms with Crippen LogP contribution in [0.4, 0.5) is 9.18 Å². The van der Waals surface area contributed by atoms with Crippen LogP contribution in [0.5, 0.6) is 0 Å². The molecular formula is C18H25FN2O3. The Morgan fingerprint density at radius 3 is 2.62 bits per heavy atom. The summed E-state index contributed by atoms with van der Waals surface area (Å²) in [4.78, 5) is 23.5. The molecule has 132 valence electrons. The maximum absolute atomic E-state index is 13.2. The highest BCUT2D eigenvalue weighted by Crippen LogP contribution is 2.47. The first-order valence-corrected chi connectivity index (χ1v) is 8.26. The molecule has 6 heteroatoms. The van der Waals surface area contributed by atoms with Gasteiger partial charge in [-0.15, -0.1) is 0 Å². The number of nitrogens with one attached hydrogen (secondary N) is 2. The normalized spacial score (nSPS) is 19.5. The minimum atomic E-state index is -0.518. The van der Waals surface area contributed by atoms with Crippen LogP contribution in [0.25, 0.3) is 0 Å². The van der Waals surface area contributed by atoms with Crippen LogP contribution in [-0.2, 0) is 9.53 Å². The Morgan fingerprint density at radius 1 is 1.25 bits per heavy atom. The standard InChI is InChI=1S/C18H25FN2O3/c1-18(2,3)24-17(23)21-9-5-8-20-16(22)15-11-14(15)12-6-4-7-13(19)10-12/h4,6-7,10,14-15H,5,8-9,11H2,1-3H3,(H,20,22)(H,21,23). The lowest BCUT2D eigenvalue weighted by Gasteiger charge is -2.19. The smallest absolute Gasteiger partial charge is 0.407 e. The maximum Gasteiger partial charge on any atom is 0.407 e. The van der Waals surface area contributed by atoms with Crippen LogP contribution in [0.1, 0.15) is 45.1 Å². The first kappa shape index (κ1) is 18.2. The number of rotatable bonds is 6. The molecule has 1 saturated carbocycles. The van der Waals surface area contributed by atoms with E-state index in [4.69, 9.17) is 4.74 Å². The van der Waals surface area contributed by atoms with Gasteiger partial charge in [0.2, 0.25) is 5.91 Å². The third-order valence-corrected chi connectivity index (χ3v) is 3.73. The number of alkyl carbamates (subject to hydrolysis) is 1. The number of ether oxygens (including phenoxy) is 1. The average Bonchev–Trinajstić information content (AvgIpc) is 3.25. The third-order valence-electron chi connectivity index (χ3n) is 3.73. The van der Waals surface area contributed by atoms with Crippen LogP contribution in [0.3, 0.4) is 0 Å². The predicted molar refractivity (Wildman–Crippen MR) is 89.1 cm³/mol. The second-order valence-corrected chi connectivity index (χ2v) is 7.08. The van der Waals surface area contributed by atoms with Crippen LogP contribution < -0.4 is 10.6 Å². The highest BCUT2D eigenvalue weighted by atomic mass is 19.1. The van der Waals surface area contributed by atoms with Gasteiger partial charge in [0, 0.05) is 19.0 Å². The Hall–Kier alpha value is -2.11. The Bertz CT molecular complexity index is 598. The minimum Gasteiger partial charge on any atom is -0.444 e. The number of amides is 2. The van der Waals surface area contributed by atoms with E-state index in [2.05, 4.69) is 10.6 Å². The molecule has 1 aliphatic carbocycles. The van der Waals surface area contributed by atoms with E-state index in [-0.39, 0.29) is 23.6 Å². The average molecular weight is 336 g/mol. The monoisotopic (exact) mass is 336 g/mol. The fourth-order valence-electron chi connectivity index (χ4n) is 2.53. The van der Waals surface area contributed by atoms with Crippen molar-refractivity contribution in [3.05, 3.63) is 35.6 Å². The molecule has 2 amide bonds. The van der Waals surface area contributed by atoms with Crippen molar-refractivity contribution < 1.29 is 18.7 Å². The van der Waals surface area contributed by atoms with Crippen LogP contribution in [0.15, 0.2) is 24.3 Å². The van der Waals surface area contributed by atoms with Gasteiger partial charge in [0.05, 0.1) is 0 Å². The van der Waals surface area contributed by atoms with Crippen molar-refractivity contribution in [2.75, 3.05) is 13.1 Å². The van der Waals surface area contributed by atoms with Gasteiger partial charge in [-0.1, -0.05) is 12.1 Å². The van der Waals surface area contributed by atoms with Crippen molar-refractivity contribution in [1.82, 2.24) is 10.6 Å². The van der Waals surface area contributed by atoms with Crippen LogP contribution in [0, 0.1) is 11.7 Å². The van der Waals surface area contributed by atoms with Crippen LogP contribution in [0.2, 0.25) is 0 Å². The van der Waals surface area contributed by atoms with Crippen LogP contribution in [-0.4, -0.2) is 30.7 Å². The fourth-order valence-corrected chi connectivity index (χ4v) is 2.53. The molecule has 1 aliphatic rings. The summed E-state index contributed by atoms with van der Waals surface area (Å²) in [5.41, 5.74) is 0.359. The molecule has 1 aromatic carbocycles. The largest absolute Gasteiger partial charge is 0.444 e. The number of benzene rings is 1. The summed E-state index contributed by atoms with van der Waals surface area (Å²) in [6.07, 6.45) is 0.926. The van der Waals surface area contributed by atoms with Crippen molar-refractivity contribution >= 4 is 12.0 Å². The second kappa shape index (κ2) is 7.64. The molecule has 2 rings (SSSR count). The van der Waals surface area contributed by atoms with E-state index in [9.17, 15) is 14.0 Å².